The number of piperazine rings is 1. The Morgan fingerprint density at radius 1 is 1.21 bits per heavy atom. The molecule has 1 atom stereocenters. The number of imidazole rings is 1. The number of carbonyl (C=O) groups is 1. The van der Waals surface area contributed by atoms with Crippen LogP contribution in [0.3, 0.4) is 0 Å². The van der Waals surface area contributed by atoms with Crippen LogP contribution in [0.5, 0.6) is 0 Å². The molecule has 1 aliphatic rings. The summed E-state index contributed by atoms with van der Waals surface area (Å²) in [4.78, 5) is 34.3. The molecule has 1 amide bonds. The van der Waals surface area contributed by atoms with Gasteiger partial charge in [0.1, 0.15) is 17.2 Å². The number of nitrogens with one attached hydrogen (secondary N) is 1. The number of anilines is 1. The van der Waals surface area contributed by atoms with E-state index in [1.54, 1.807) is 17.5 Å². The monoisotopic (exact) mass is 491 g/mol. The van der Waals surface area contributed by atoms with E-state index in [0.717, 1.165) is 51.5 Å². The Hall–Kier alpha value is -3.43. The number of pyridine rings is 1. The van der Waals surface area contributed by atoms with Crippen molar-refractivity contribution in [3.05, 3.63) is 59.5 Å². The average Bonchev–Trinajstić information content (AvgIpc) is 3.57. The number of amides is 1. The van der Waals surface area contributed by atoms with Crippen molar-refractivity contribution in [3.63, 3.8) is 0 Å². The Balaban J connectivity index is 1.19. The molecule has 1 saturated heterocycles. The lowest BCUT2D eigenvalue weighted by Gasteiger charge is -2.40. The Morgan fingerprint density at radius 3 is 2.94 bits per heavy atom. The predicted molar refractivity (Wildman–Crippen MR) is 135 cm³/mol. The number of H-pyrrole nitrogens is 1. The van der Waals surface area contributed by atoms with E-state index in [4.69, 9.17) is 16.6 Å². The van der Waals surface area contributed by atoms with Crippen LogP contribution in [0.2, 0.25) is 5.15 Å². The van der Waals surface area contributed by atoms with Gasteiger partial charge in [-0.3, -0.25) is 4.79 Å². The van der Waals surface area contributed by atoms with E-state index < -0.39 is 0 Å². The summed E-state index contributed by atoms with van der Waals surface area (Å²) in [5.74, 6) is 0.847. The van der Waals surface area contributed by atoms with E-state index in [-0.39, 0.29) is 18.5 Å². The van der Waals surface area contributed by atoms with Gasteiger partial charge in [0, 0.05) is 43.5 Å². The lowest BCUT2D eigenvalue weighted by atomic mass is 10.2. The molecular weight excluding hydrogens is 470 g/mol. The van der Waals surface area contributed by atoms with Crippen molar-refractivity contribution in [2.75, 3.05) is 24.5 Å². The van der Waals surface area contributed by atoms with Gasteiger partial charge in [-0.05, 0) is 31.2 Å². The topological polar surface area (TPSA) is 82.9 Å². The largest absolute Gasteiger partial charge is 0.358 e. The maximum Gasteiger partial charge on any atom is 0.242 e. The van der Waals surface area contributed by atoms with Crippen molar-refractivity contribution in [2.24, 2.45) is 0 Å². The summed E-state index contributed by atoms with van der Waals surface area (Å²) in [5.41, 5.74) is 5.42. The van der Waals surface area contributed by atoms with Gasteiger partial charge >= 0.3 is 0 Å². The zero-order valence-electron chi connectivity index (χ0n) is 18.5. The normalized spacial score (nSPS) is 16.6. The highest BCUT2D eigenvalue weighted by molar-refractivity contribution is 7.14. The molecule has 34 heavy (non-hydrogen) atoms. The number of rotatable bonds is 4. The highest BCUT2D eigenvalue weighted by atomic mass is 35.5. The molecule has 1 aromatic carbocycles. The van der Waals surface area contributed by atoms with E-state index in [2.05, 4.69) is 26.8 Å². The minimum atomic E-state index is 0.0577. The molecule has 0 saturated carbocycles. The summed E-state index contributed by atoms with van der Waals surface area (Å²) in [6.45, 7) is 4.44. The predicted octanol–water partition coefficient (Wildman–Crippen LogP) is 4.43. The van der Waals surface area contributed by atoms with Crippen molar-refractivity contribution < 1.29 is 4.79 Å². The smallest absolute Gasteiger partial charge is 0.242 e. The number of aromatic amines is 1. The van der Waals surface area contributed by atoms with Crippen molar-refractivity contribution >= 4 is 55.8 Å². The highest BCUT2D eigenvalue weighted by Crippen LogP contribution is 2.34. The number of aromatic nitrogens is 5. The zero-order chi connectivity index (χ0) is 23.2. The van der Waals surface area contributed by atoms with Gasteiger partial charge in [-0.1, -0.05) is 23.7 Å². The number of benzene rings is 1. The molecule has 172 valence electrons. The summed E-state index contributed by atoms with van der Waals surface area (Å²) >= 11 is 7.90. The van der Waals surface area contributed by atoms with Crippen LogP contribution in [-0.4, -0.2) is 61.0 Å². The van der Waals surface area contributed by atoms with Crippen LogP contribution in [-0.2, 0) is 11.3 Å². The van der Waals surface area contributed by atoms with Crippen LogP contribution in [0.1, 0.15) is 6.92 Å². The summed E-state index contributed by atoms with van der Waals surface area (Å²) in [5, 5.41) is 2.47. The van der Waals surface area contributed by atoms with E-state index in [9.17, 15) is 4.79 Å². The molecule has 5 aromatic rings. The van der Waals surface area contributed by atoms with Gasteiger partial charge in [0.05, 0.1) is 22.1 Å². The fraction of sp³-hybridized carbons (Fsp3) is 0.250. The molecule has 1 N–H and O–H groups in total. The van der Waals surface area contributed by atoms with Crippen LogP contribution in [0.25, 0.3) is 33.5 Å². The lowest BCUT2D eigenvalue weighted by molar-refractivity contribution is -0.134. The second-order valence-corrected chi connectivity index (χ2v) is 9.67. The molecule has 0 unspecified atom stereocenters. The standard InChI is InChI=1S/C24H22ClN7OS/c1-15-12-31(24-20(27-14-34-24)23-28-17-4-2-3-5-18(17)29-23)10-11-32(15)19(33)13-30-9-7-16-6-8-26-22(25)21(16)30/h2-9,14-15H,10-13H2,1H3,(H,28,29)/t15-/m1/s1. The van der Waals surface area contributed by atoms with Gasteiger partial charge in [-0.15, -0.1) is 11.3 Å². The number of thiazole rings is 1. The molecule has 4 aromatic heterocycles. The summed E-state index contributed by atoms with van der Waals surface area (Å²) in [6, 6.07) is 11.9. The molecule has 1 aliphatic heterocycles. The van der Waals surface area contributed by atoms with Crippen molar-refractivity contribution in [1.29, 1.82) is 0 Å². The van der Waals surface area contributed by atoms with Gasteiger partial charge in [-0.25, -0.2) is 15.0 Å². The average molecular weight is 492 g/mol. The molecule has 0 radical (unpaired) electrons. The van der Waals surface area contributed by atoms with Crippen LogP contribution in [0.4, 0.5) is 5.00 Å². The van der Waals surface area contributed by atoms with E-state index in [1.807, 2.05) is 57.6 Å². The molecule has 10 heteroatoms. The Kier molecular flexibility index (Phi) is 5.23. The lowest BCUT2D eigenvalue weighted by Crippen LogP contribution is -2.54. The second kappa shape index (κ2) is 8.41. The minimum absolute atomic E-state index is 0.0577. The zero-order valence-corrected chi connectivity index (χ0v) is 20.1. The third-order valence-electron chi connectivity index (χ3n) is 6.34. The highest BCUT2D eigenvalue weighted by Gasteiger charge is 2.30. The van der Waals surface area contributed by atoms with Gasteiger partial charge in [0.25, 0.3) is 0 Å². The fourth-order valence-corrected chi connectivity index (χ4v) is 5.79. The molecule has 5 heterocycles. The first-order valence-electron chi connectivity index (χ1n) is 11.1. The van der Waals surface area contributed by atoms with Gasteiger partial charge < -0.3 is 19.4 Å². The molecule has 0 aliphatic carbocycles. The van der Waals surface area contributed by atoms with E-state index in [1.165, 1.54) is 0 Å². The maximum absolute atomic E-state index is 13.2. The van der Waals surface area contributed by atoms with Crippen LogP contribution < -0.4 is 4.90 Å². The number of carbonyl (C=O) groups excluding carboxylic acids is 1. The van der Waals surface area contributed by atoms with Gasteiger partial charge in [0.2, 0.25) is 5.91 Å². The van der Waals surface area contributed by atoms with Crippen molar-refractivity contribution in [3.8, 4) is 11.5 Å². The number of hydrogen-bond donors (Lipinski definition) is 1. The molecule has 6 rings (SSSR count). The quantitative estimate of drug-likeness (QED) is 0.376. The third kappa shape index (κ3) is 3.61. The van der Waals surface area contributed by atoms with E-state index >= 15 is 0 Å². The molecular formula is C24H22ClN7OS. The number of nitrogens with zero attached hydrogens (tertiary/aromatic N) is 6. The first-order chi connectivity index (χ1) is 16.6. The SMILES string of the molecule is C[C@@H]1CN(c2scnc2-c2nc3ccccc3[nH]2)CCN1C(=O)Cn1ccc2ccnc(Cl)c21. The Labute approximate surface area is 204 Å². The van der Waals surface area contributed by atoms with Crippen LogP contribution in [0, 0.1) is 0 Å². The molecule has 0 bridgehead atoms. The van der Waals surface area contributed by atoms with Crippen LogP contribution >= 0.6 is 22.9 Å². The molecule has 0 spiro atoms. The molecule has 8 nitrogen and oxygen atoms in total. The number of halogens is 1. The first-order valence-corrected chi connectivity index (χ1v) is 12.4. The Morgan fingerprint density at radius 2 is 2.09 bits per heavy atom. The van der Waals surface area contributed by atoms with Crippen molar-refractivity contribution in [2.45, 2.75) is 19.5 Å². The number of para-hydroxylation sites is 2. The first kappa shape index (κ1) is 21.1. The minimum Gasteiger partial charge on any atom is -0.358 e. The second-order valence-electron chi connectivity index (χ2n) is 8.47. The van der Waals surface area contributed by atoms with E-state index in [0.29, 0.717) is 11.7 Å². The Bertz CT molecular complexity index is 1470. The summed E-state index contributed by atoms with van der Waals surface area (Å²) in [7, 11) is 0. The number of hydrogen-bond acceptors (Lipinski definition) is 6. The van der Waals surface area contributed by atoms with Crippen molar-refractivity contribution in [1.82, 2.24) is 29.4 Å². The summed E-state index contributed by atoms with van der Waals surface area (Å²) in [6.07, 6.45) is 3.57. The van der Waals surface area contributed by atoms with Gasteiger partial charge in [-0.2, -0.15) is 0 Å². The fourth-order valence-electron chi connectivity index (χ4n) is 4.68. The van der Waals surface area contributed by atoms with Gasteiger partial charge in [0.15, 0.2) is 11.0 Å². The number of fused-ring (bicyclic) bond motifs is 2. The maximum atomic E-state index is 13.2. The van der Waals surface area contributed by atoms with Crippen LogP contribution in [0.15, 0.2) is 54.3 Å². The summed E-state index contributed by atoms with van der Waals surface area (Å²) < 4.78 is 1.88. The molecule has 1 fully saturated rings. The third-order valence-corrected chi connectivity index (χ3v) is 7.50.